The Morgan fingerprint density at radius 3 is 2.92 bits per heavy atom. The van der Waals surface area contributed by atoms with Crippen LogP contribution in [0.2, 0.25) is 0 Å². The van der Waals surface area contributed by atoms with Crippen molar-refractivity contribution in [2.75, 3.05) is 18.4 Å². The van der Waals surface area contributed by atoms with Crippen LogP contribution in [0, 0.1) is 5.92 Å². The Kier molecular flexibility index (Phi) is 4.99. The van der Waals surface area contributed by atoms with E-state index in [4.69, 9.17) is 4.98 Å². The van der Waals surface area contributed by atoms with Crippen molar-refractivity contribution in [1.29, 1.82) is 0 Å². The number of nitrogens with one attached hydrogen (secondary N) is 2. The van der Waals surface area contributed by atoms with Gasteiger partial charge in [0.05, 0.1) is 16.8 Å². The highest BCUT2D eigenvalue weighted by Crippen LogP contribution is 2.30. The summed E-state index contributed by atoms with van der Waals surface area (Å²) in [6, 6.07) is 10.3. The predicted octanol–water partition coefficient (Wildman–Crippen LogP) is 3.89. The van der Waals surface area contributed by atoms with Gasteiger partial charge < -0.3 is 10.6 Å². The Bertz CT molecular complexity index is 811. The van der Waals surface area contributed by atoms with Crippen LogP contribution in [0.4, 0.5) is 10.9 Å². The molecule has 1 fully saturated rings. The van der Waals surface area contributed by atoms with Gasteiger partial charge in [-0.2, -0.15) is 0 Å². The second kappa shape index (κ2) is 7.72. The molecule has 0 unspecified atom stereocenters. The van der Waals surface area contributed by atoms with Crippen LogP contribution in [0.15, 0.2) is 48.9 Å². The third-order valence-electron chi connectivity index (χ3n) is 4.38. The first-order valence-corrected chi connectivity index (χ1v) is 9.48. The SMILES string of the molecule is c1ccc(-c2cnc(Nc3cncc(C[C@H]4CCCNC4)n3)s2)cc1. The van der Waals surface area contributed by atoms with Crippen LogP contribution in [0.3, 0.4) is 0 Å². The molecule has 1 atom stereocenters. The second-order valence-electron chi connectivity index (χ2n) is 6.33. The molecule has 6 heteroatoms. The molecule has 1 aliphatic heterocycles. The number of anilines is 2. The molecule has 128 valence electrons. The van der Waals surface area contributed by atoms with E-state index in [1.165, 1.54) is 18.4 Å². The van der Waals surface area contributed by atoms with Gasteiger partial charge in [0.25, 0.3) is 0 Å². The predicted molar refractivity (Wildman–Crippen MR) is 102 cm³/mol. The van der Waals surface area contributed by atoms with Crippen LogP contribution >= 0.6 is 11.3 Å². The maximum atomic E-state index is 4.71. The molecular formula is C19H21N5S. The van der Waals surface area contributed by atoms with Gasteiger partial charge in [-0.15, -0.1) is 0 Å². The normalized spacial score (nSPS) is 17.4. The molecule has 1 aliphatic rings. The minimum absolute atomic E-state index is 0.655. The highest BCUT2D eigenvalue weighted by atomic mass is 32.1. The first-order chi connectivity index (χ1) is 12.4. The lowest BCUT2D eigenvalue weighted by Gasteiger charge is -2.22. The van der Waals surface area contributed by atoms with Crippen molar-refractivity contribution in [3.63, 3.8) is 0 Å². The number of hydrogen-bond acceptors (Lipinski definition) is 6. The molecule has 0 amide bonds. The van der Waals surface area contributed by atoms with Gasteiger partial charge in [0.2, 0.25) is 0 Å². The molecule has 3 heterocycles. The topological polar surface area (TPSA) is 62.7 Å². The monoisotopic (exact) mass is 351 g/mol. The highest BCUT2D eigenvalue weighted by molar-refractivity contribution is 7.18. The van der Waals surface area contributed by atoms with Crippen molar-refractivity contribution >= 4 is 22.3 Å². The minimum atomic E-state index is 0.655. The van der Waals surface area contributed by atoms with Gasteiger partial charge in [0.15, 0.2) is 10.9 Å². The summed E-state index contributed by atoms with van der Waals surface area (Å²) < 4.78 is 0. The van der Waals surface area contributed by atoms with Crippen LogP contribution in [-0.2, 0) is 6.42 Å². The van der Waals surface area contributed by atoms with Crippen molar-refractivity contribution in [3.05, 3.63) is 54.6 Å². The zero-order chi connectivity index (χ0) is 16.9. The largest absolute Gasteiger partial charge is 0.316 e. The zero-order valence-electron chi connectivity index (χ0n) is 14.0. The van der Waals surface area contributed by atoms with E-state index in [2.05, 4.69) is 32.7 Å². The van der Waals surface area contributed by atoms with Crippen LogP contribution in [0.1, 0.15) is 18.5 Å². The van der Waals surface area contributed by atoms with E-state index in [-0.39, 0.29) is 0 Å². The number of nitrogens with zero attached hydrogens (tertiary/aromatic N) is 3. The maximum Gasteiger partial charge on any atom is 0.188 e. The Labute approximate surface area is 151 Å². The molecule has 1 aromatic carbocycles. The molecule has 25 heavy (non-hydrogen) atoms. The summed E-state index contributed by atoms with van der Waals surface area (Å²) >= 11 is 1.62. The number of hydrogen-bond donors (Lipinski definition) is 2. The lowest BCUT2D eigenvalue weighted by Crippen LogP contribution is -2.31. The van der Waals surface area contributed by atoms with Crippen LogP contribution in [-0.4, -0.2) is 28.0 Å². The molecule has 2 aromatic heterocycles. The molecule has 2 N–H and O–H groups in total. The lowest BCUT2D eigenvalue weighted by molar-refractivity contribution is 0.373. The summed E-state index contributed by atoms with van der Waals surface area (Å²) in [6.45, 7) is 2.21. The van der Waals surface area contributed by atoms with E-state index in [1.807, 2.05) is 30.6 Å². The van der Waals surface area contributed by atoms with E-state index >= 15 is 0 Å². The van der Waals surface area contributed by atoms with Crippen molar-refractivity contribution in [1.82, 2.24) is 20.3 Å². The number of benzene rings is 1. The minimum Gasteiger partial charge on any atom is -0.316 e. The molecule has 0 bridgehead atoms. The van der Waals surface area contributed by atoms with Gasteiger partial charge in [0.1, 0.15) is 0 Å². The summed E-state index contributed by atoms with van der Waals surface area (Å²) in [5, 5.41) is 7.58. The number of piperidine rings is 1. The molecule has 5 nitrogen and oxygen atoms in total. The van der Waals surface area contributed by atoms with Gasteiger partial charge in [-0.1, -0.05) is 41.7 Å². The van der Waals surface area contributed by atoms with E-state index in [0.29, 0.717) is 5.92 Å². The number of thiazole rings is 1. The smallest absolute Gasteiger partial charge is 0.188 e. The molecule has 1 saturated heterocycles. The van der Waals surface area contributed by atoms with Gasteiger partial charge in [-0.05, 0) is 43.8 Å². The second-order valence-corrected chi connectivity index (χ2v) is 7.36. The molecule has 0 spiro atoms. The summed E-state index contributed by atoms with van der Waals surface area (Å²) in [7, 11) is 0. The maximum absolute atomic E-state index is 4.71. The average Bonchev–Trinajstić information content (AvgIpc) is 3.12. The lowest BCUT2D eigenvalue weighted by atomic mass is 9.95. The summed E-state index contributed by atoms with van der Waals surface area (Å²) in [6.07, 6.45) is 9.01. The Hall–Kier alpha value is -2.31. The van der Waals surface area contributed by atoms with Crippen molar-refractivity contribution in [2.45, 2.75) is 19.3 Å². The first kappa shape index (κ1) is 16.2. The first-order valence-electron chi connectivity index (χ1n) is 8.67. The quantitative estimate of drug-likeness (QED) is 0.730. The standard InChI is InChI=1S/C19H21N5S/c1-2-6-15(7-3-1)17-12-22-19(25-17)24-18-13-21-11-16(23-18)9-14-5-4-8-20-10-14/h1-3,6-7,11-14,20H,4-5,8-10H2,(H,22,23,24)/t14-/m1/s1. The van der Waals surface area contributed by atoms with Gasteiger partial charge in [0, 0.05) is 12.4 Å². The van der Waals surface area contributed by atoms with E-state index in [0.717, 1.165) is 41.0 Å². The van der Waals surface area contributed by atoms with Gasteiger partial charge in [-0.25, -0.2) is 9.97 Å². The van der Waals surface area contributed by atoms with E-state index in [1.54, 1.807) is 17.5 Å². The molecule has 4 rings (SSSR count). The zero-order valence-corrected chi connectivity index (χ0v) is 14.8. The third kappa shape index (κ3) is 4.21. The third-order valence-corrected chi connectivity index (χ3v) is 5.34. The van der Waals surface area contributed by atoms with Gasteiger partial charge >= 0.3 is 0 Å². The average molecular weight is 351 g/mol. The Morgan fingerprint density at radius 1 is 1.16 bits per heavy atom. The van der Waals surface area contributed by atoms with Crippen molar-refractivity contribution in [2.24, 2.45) is 5.92 Å². The molecule has 0 radical (unpaired) electrons. The van der Waals surface area contributed by atoms with Crippen LogP contribution in [0.5, 0.6) is 0 Å². The van der Waals surface area contributed by atoms with E-state index in [9.17, 15) is 0 Å². The molecule has 0 saturated carbocycles. The van der Waals surface area contributed by atoms with Gasteiger partial charge in [-0.3, -0.25) is 4.98 Å². The fourth-order valence-corrected chi connectivity index (χ4v) is 3.96. The summed E-state index contributed by atoms with van der Waals surface area (Å²) in [5.74, 6) is 1.41. The Balaban J connectivity index is 1.44. The van der Waals surface area contributed by atoms with Crippen molar-refractivity contribution in [3.8, 4) is 10.4 Å². The number of rotatable bonds is 5. The van der Waals surface area contributed by atoms with Crippen LogP contribution in [0.25, 0.3) is 10.4 Å². The fraction of sp³-hybridized carbons (Fsp3) is 0.316. The van der Waals surface area contributed by atoms with E-state index < -0.39 is 0 Å². The fourth-order valence-electron chi connectivity index (χ4n) is 3.14. The molecule has 0 aliphatic carbocycles. The molecule has 3 aromatic rings. The molecular weight excluding hydrogens is 330 g/mol. The van der Waals surface area contributed by atoms with Crippen molar-refractivity contribution < 1.29 is 0 Å². The highest BCUT2D eigenvalue weighted by Gasteiger charge is 2.14. The summed E-state index contributed by atoms with van der Waals surface area (Å²) in [4.78, 5) is 14.7. The van der Waals surface area contributed by atoms with Crippen LogP contribution < -0.4 is 10.6 Å². The Morgan fingerprint density at radius 2 is 2.08 bits per heavy atom. The number of aromatic nitrogens is 3. The summed E-state index contributed by atoms with van der Waals surface area (Å²) in [5.41, 5.74) is 2.22.